The smallest absolute Gasteiger partial charge is 0.416 e. The van der Waals surface area contributed by atoms with Gasteiger partial charge in [0.2, 0.25) is 5.82 Å². The summed E-state index contributed by atoms with van der Waals surface area (Å²) in [4.78, 5) is 12.6. The van der Waals surface area contributed by atoms with Crippen LogP contribution in [0.5, 0.6) is 0 Å². The molecule has 0 amide bonds. The molecule has 2 aromatic carbocycles. The summed E-state index contributed by atoms with van der Waals surface area (Å²) >= 11 is 0. The largest absolute Gasteiger partial charge is 0.465 e. The number of hydrogen-bond acceptors (Lipinski definition) is 6. The lowest BCUT2D eigenvalue weighted by molar-refractivity contribution is -0.144. The number of carbonyl (C=O) groups is 1. The molecule has 0 bridgehead atoms. The fourth-order valence-electron chi connectivity index (χ4n) is 2.46. The third-order valence-electron chi connectivity index (χ3n) is 3.67. The number of nitrogens with one attached hydrogen (secondary N) is 1. The highest BCUT2D eigenvalue weighted by atomic mass is 19.4. The first-order valence-electron chi connectivity index (χ1n) is 8.34. The Morgan fingerprint density at radius 2 is 1.96 bits per heavy atom. The van der Waals surface area contributed by atoms with Gasteiger partial charge in [0.05, 0.1) is 12.2 Å². The fraction of sp³-hybridized carbons (Fsp3) is 0.222. The number of alkyl halides is 3. The summed E-state index contributed by atoms with van der Waals surface area (Å²) < 4.78 is 43.6. The van der Waals surface area contributed by atoms with Crippen LogP contribution in [0, 0.1) is 0 Å². The second kappa shape index (κ2) is 8.07. The number of halogens is 3. The average Bonchev–Trinajstić information content (AvgIpc) is 3.10. The summed E-state index contributed by atoms with van der Waals surface area (Å²) in [7, 11) is 0. The van der Waals surface area contributed by atoms with Crippen LogP contribution in [0.4, 0.5) is 24.5 Å². The van der Waals surface area contributed by atoms with E-state index in [4.69, 9.17) is 4.74 Å². The molecular formula is C18H16F3N5O2. The van der Waals surface area contributed by atoms with Crippen LogP contribution in [-0.4, -0.2) is 32.8 Å². The van der Waals surface area contributed by atoms with Gasteiger partial charge in [-0.15, -0.1) is 10.2 Å². The Morgan fingerprint density at radius 1 is 1.18 bits per heavy atom. The van der Waals surface area contributed by atoms with Gasteiger partial charge in [0, 0.05) is 16.9 Å². The number of aromatic nitrogens is 4. The number of anilines is 2. The van der Waals surface area contributed by atoms with Crippen LogP contribution < -0.4 is 5.32 Å². The highest BCUT2D eigenvalue weighted by Gasteiger charge is 2.30. The van der Waals surface area contributed by atoms with Gasteiger partial charge < -0.3 is 10.1 Å². The van der Waals surface area contributed by atoms with Gasteiger partial charge in [0.1, 0.15) is 0 Å². The molecule has 28 heavy (non-hydrogen) atoms. The van der Waals surface area contributed by atoms with Crippen molar-refractivity contribution in [3.63, 3.8) is 0 Å². The zero-order chi connectivity index (χ0) is 20.1. The summed E-state index contributed by atoms with van der Waals surface area (Å²) in [5, 5.41) is 14.8. The van der Waals surface area contributed by atoms with E-state index in [9.17, 15) is 18.0 Å². The van der Waals surface area contributed by atoms with Crippen molar-refractivity contribution in [3.8, 4) is 11.4 Å². The number of tetrazole rings is 1. The van der Waals surface area contributed by atoms with E-state index in [-0.39, 0.29) is 24.7 Å². The molecule has 1 N–H and O–H groups in total. The van der Waals surface area contributed by atoms with Crippen molar-refractivity contribution in [1.82, 2.24) is 20.2 Å². The maximum atomic E-state index is 12.9. The van der Waals surface area contributed by atoms with Gasteiger partial charge in [-0.1, -0.05) is 18.2 Å². The van der Waals surface area contributed by atoms with Crippen LogP contribution in [0.15, 0.2) is 48.5 Å². The van der Waals surface area contributed by atoms with E-state index in [1.807, 2.05) is 0 Å². The number of hydrogen-bond donors (Lipinski definition) is 1. The minimum atomic E-state index is -4.44. The molecule has 3 aromatic rings. The Hall–Kier alpha value is -3.43. The number of para-hydroxylation sites is 1. The highest BCUT2D eigenvalue weighted by Crippen LogP contribution is 2.33. The lowest BCUT2D eigenvalue weighted by atomic mass is 10.1. The van der Waals surface area contributed by atoms with Crippen LogP contribution in [0.1, 0.15) is 12.5 Å². The molecule has 0 aliphatic carbocycles. The molecular weight excluding hydrogens is 375 g/mol. The molecule has 0 aliphatic heterocycles. The normalized spacial score (nSPS) is 11.3. The zero-order valence-electron chi connectivity index (χ0n) is 14.8. The minimum absolute atomic E-state index is 0.190. The highest BCUT2D eigenvalue weighted by molar-refractivity contribution is 5.77. The summed E-state index contributed by atoms with van der Waals surface area (Å²) in [5.74, 6) is -0.277. The van der Waals surface area contributed by atoms with Crippen molar-refractivity contribution < 1.29 is 22.7 Å². The van der Waals surface area contributed by atoms with Gasteiger partial charge in [0.15, 0.2) is 6.54 Å². The van der Waals surface area contributed by atoms with Crippen LogP contribution in [0.25, 0.3) is 11.4 Å². The average molecular weight is 391 g/mol. The van der Waals surface area contributed by atoms with Crippen LogP contribution in [-0.2, 0) is 22.3 Å². The van der Waals surface area contributed by atoms with Gasteiger partial charge in [-0.25, -0.2) is 4.79 Å². The Balaban J connectivity index is 1.85. The summed E-state index contributed by atoms with van der Waals surface area (Å²) in [6.07, 6.45) is -4.44. The van der Waals surface area contributed by atoms with Crippen LogP contribution >= 0.6 is 0 Å². The maximum Gasteiger partial charge on any atom is 0.416 e. The summed E-state index contributed by atoms with van der Waals surface area (Å²) in [6.45, 7) is 1.74. The predicted octanol–water partition coefficient (Wildman–Crippen LogP) is 3.67. The lowest BCUT2D eigenvalue weighted by Gasteiger charge is -2.12. The Kier molecular flexibility index (Phi) is 5.57. The molecule has 0 spiro atoms. The zero-order valence-corrected chi connectivity index (χ0v) is 14.8. The van der Waals surface area contributed by atoms with E-state index in [0.29, 0.717) is 11.3 Å². The first-order chi connectivity index (χ1) is 13.4. The Morgan fingerprint density at radius 3 is 2.71 bits per heavy atom. The van der Waals surface area contributed by atoms with Crippen molar-refractivity contribution in [2.24, 2.45) is 0 Å². The van der Waals surface area contributed by atoms with Crippen molar-refractivity contribution in [3.05, 3.63) is 54.1 Å². The van der Waals surface area contributed by atoms with Crippen molar-refractivity contribution in [1.29, 1.82) is 0 Å². The molecule has 0 unspecified atom stereocenters. The van der Waals surface area contributed by atoms with Crippen LogP contribution in [0.2, 0.25) is 0 Å². The Bertz CT molecular complexity index is 972. The first-order valence-corrected chi connectivity index (χ1v) is 8.34. The molecule has 1 aromatic heterocycles. The summed E-state index contributed by atoms with van der Waals surface area (Å²) in [5.41, 5.74) is 0.530. The monoisotopic (exact) mass is 391 g/mol. The molecule has 0 saturated carbocycles. The number of rotatable bonds is 6. The van der Waals surface area contributed by atoms with Gasteiger partial charge in [-0.05, 0) is 42.5 Å². The molecule has 146 valence electrons. The molecule has 0 radical (unpaired) electrons. The standard InChI is InChI=1S/C18H16F3N5O2/c1-2-28-16(27)11-26-24-17(23-25-26)14-8-3-4-9-15(14)22-13-7-5-6-12(10-13)18(19,20)21/h3-10,22H,2,11H2,1H3. The molecule has 10 heteroatoms. The van der Waals surface area contributed by atoms with Crippen molar-refractivity contribution >= 4 is 17.3 Å². The molecule has 0 aliphatic rings. The van der Waals surface area contributed by atoms with Gasteiger partial charge in [-0.2, -0.15) is 18.0 Å². The minimum Gasteiger partial charge on any atom is -0.465 e. The number of benzene rings is 2. The number of carbonyl (C=O) groups excluding carboxylic acids is 1. The topological polar surface area (TPSA) is 81.9 Å². The maximum absolute atomic E-state index is 12.9. The van der Waals surface area contributed by atoms with E-state index >= 15 is 0 Å². The molecule has 1 heterocycles. The van der Waals surface area contributed by atoms with E-state index < -0.39 is 17.7 Å². The number of nitrogens with zero attached hydrogens (tertiary/aromatic N) is 4. The van der Waals surface area contributed by atoms with Crippen molar-refractivity contribution in [2.75, 3.05) is 11.9 Å². The van der Waals surface area contributed by atoms with Crippen LogP contribution in [0.3, 0.4) is 0 Å². The molecule has 0 saturated heterocycles. The predicted molar refractivity (Wildman–Crippen MR) is 94.6 cm³/mol. The fourth-order valence-corrected chi connectivity index (χ4v) is 2.46. The summed E-state index contributed by atoms with van der Waals surface area (Å²) in [6, 6.07) is 11.7. The van der Waals surface area contributed by atoms with E-state index in [1.54, 1.807) is 31.2 Å². The second-order valence-corrected chi connectivity index (χ2v) is 5.70. The second-order valence-electron chi connectivity index (χ2n) is 5.70. The van der Waals surface area contributed by atoms with E-state index in [1.165, 1.54) is 12.1 Å². The quantitative estimate of drug-likeness (QED) is 0.646. The molecule has 3 rings (SSSR count). The number of ether oxygens (including phenoxy) is 1. The third-order valence-corrected chi connectivity index (χ3v) is 3.67. The van der Waals surface area contributed by atoms with Gasteiger partial charge in [-0.3, -0.25) is 0 Å². The molecule has 0 atom stereocenters. The Labute approximate surface area is 158 Å². The SMILES string of the molecule is CCOC(=O)Cn1nnc(-c2ccccc2Nc2cccc(C(F)(F)F)c2)n1. The van der Waals surface area contributed by atoms with Gasteiger partial charge >= 0.3 is 12.1 Å². The van der Waals surface area contributed by atoms with Crippen molar-refractivity contribution in [2.45, 2.75) is 19.6 Å². The van der Waals surface area contributed by atoms with E-state index in [0.717, 1.165) is 16.9 Å². The molecule has 0 fully saturated rings. The van der Waals surface area contributed by atoms with E-state index in [2.05, 4.69) is 20.7 Å². The number of esters is 1. The lowest BCUT2D eigenvalue weighted by Crippen LogP contribution is -2.15. The third kappa shape index (κ3) is 4.64. The van der Waals surface area contributed by atoms with Gasteiger partial charge in [0.25, 0.3) is 0 Å². The first kappa shape index (κ1) is 19.3. The molecule has 7 nitrogen and oxygen atoms in total.